The summed E-state index contributed by atoms with van der Waals surface area (Å²) in [6.07, 6.45) is 5.98. The molecule has 0 aromatic rings. The third kappa shape index (κ3) is 8.25. The van der Waals surface area contributed by atoms with Crippen molar-refractivity contribution in [1.29, 1.82) is 0 Å². The highest BCUT2D eigenvalue weighted by molar-refractivity contribution is 6.38. The molecule has 2 fully saturated rings. The number of nitrogens with one attached hydrogen (secondary N) is 3. The number of nitrogens with zero attached hydrogens (tertiary/aromatic N) is 1. The maximum absolute atomic E-state index is 14.0. The van der Waals surface area contributed by atoms with Gasteiger partial charge in [0.25, 0.3) is 5.91 Å². The molecule has 2 rings (SSSR count). The van der Waals surface area contributed by atoms with Gasteiger partial charge in [0.05, 0.1) is 12.1 Å². The number of amides is 3. The maximum atomic E-state index is 14.0. The molecular formula is C29H48N4O4. The summed E-state index contributed by atoms with van der Waals surface area (Å²) in [5.74, 6) is -1.13. The number of hydrogen-bond acceptors (Lipinski definition) is 5. The Bertz CT molecular complexity index is 872. The predicted molar refractivity (Wildman–Crippen MR) is 147 cm³/mol. The van der Waals surface area contributed by atoms with E-state index in [0.29, 0.717) is 38.1 Å². The largest absolute Gasteiger partial charge is 0.346 e. The van der Waals surface area contributed by atoms with Crippen molar-refractivity contribution in [3.63, 3.8) is 0 Å². The lowest BCUT2D eigenvalue weighted by atomic mass is 9.83. The van der Waals surface area contributed by atoms with Gasteiger partial charge in [-0.2, -0.15) is 0 Å². The monoisotopic (exact) mass is 516 g/mol. The lowest BCUT2D eigenvalue weighted by Crippen LogP contribution is -2.60. The lowest BCUT2D eigenvalue weighted by Gasteiger charge is -2.39. The molecule has 208 valence electrons. The van der Waals surface area contributed by atoms with Gasteiger partial charge in [0.1, 0.15) is 6.04 Å². The zero-order chi connectivity index (χ0) is 27.9. The zero-order valence-electron chi connectivity index (χ0n) is 23.7. The summed E-state index contributed by atoms with van der Waals surface area (Å²) in [7, 11) is 0. The van der Waals surface area contributed by atoms with Crippen molar-refractivity contribution >= 4 is 23.5 Å². The second-order valence-electron chi connectivity index (χ2n) is 11.9. The molecule has 0 aromatic carbocycles. The van der Waals surface area contributed by atoms with Gasteiger partial charge in [-0.05, 0) is 49.4 Å². The van der Waals surface area contributed by atoms with Gasteiger partial charge in [0.2, 0.25) is 17.6 Å². The Balaban J connectivity index is 2.19. The first-order chi connectivity index (χ1) is 17.3. The van der Waals surface area contributed by atoms with Crippen LogP contribution < -0.4 is 16.0 Å². The highest BCUT2D eigenvalue weighted by atomic mass is 16.2. The van der Waals surface area contributed by atoms with Gasteiger partial charge < -0.3 is 15.5 Å². The standard InChI is InChI=1S/C29H48N4O4/c1-9-12-21(24(34)27(36)30-16-10-2)31-26(35)22-13-11-17-33(22)28(37)25(29(6,7)8)32-23(18(3)4)19(5)20-14-15-20/h10,18,20-23,25,32H,2,5,9,11-17H2,1,3-4,6-8H3,(H,30,36)(H,31,35). The molecular weight excluding hydrogens is 468 g/mol. The number of Topliss-reactive ketones (excluding diaryl/α,β-unsaturated/α-hetero) is 1. The summed E-state index contributed by atoms with van der Waals surface area (Å²) in [6.45, 7) is 20.8. The summed E-state index contributed by atoms with van der Waals surface area (Å²) in [5, 5.41) is 8.89. The van der Waals surface area contributed by atoms with E-state index >= 15 is 0 Å². The first kappa shape index (κ1) is 30.7. The fourth-order valence-electron chi connectivity index (χ4n) is 5.01. The molecule has 0 bridgehead atoms. The van der Waals surface area contributed by atoms with Gasteiger partial charge in [-0.15, -0.1) is 6.58 Å². The maximum Gasteiger partial charge on any atom is 0.289 e. The normalized spacial score (nSPS) is 20.2. The SMILES string of the molecule is C=CCNC(=O)C(=O)C(CCC)NC(=O)C1CCCN1C(=O)C(NC(C(=C)C1CC1)C(C)C)C(C)(C)C. The molecule has 1 saturated carbocycles. The Labute approximate surface area is 223 Å². The van der Waals surface area contributed by atoms with Crippen LogP contribution in [0.2, 0.25) is 0 Å². The third-order valence-corrected chi connectivity index (χ3v) is 7.31. The van der Waals surface area contributed by atoms with E-state index in [1.807, 2.05) is 27.7 Å². The fraction of sp³-hybridized carbons (Fsp3) is 0.724. The van der Waals surface area contributed by atoms with Crippen LogP contribution in [0.1, 0.15) is 80.1 Å². The molecule has 2 aliphatic rings. The van der Waals surface area contributed by atoms with Gasteiger partial charge in [-0.3, -0.25) is 24.5 Å². The Morgan fingerprint density at radius 1 is 1.11 bits per heavy atom. The molecule has 1 saturated heterocycles. The fourth-order valence-corrected chi connectivity index (χ4v) is 5.01. The van der Waals surface area contributed by atoms with Crippen LogP contribution in [0.25, 0.3) is 0 Å². The highest BCUT2D eigenvalue weighted by Crippen LogP contribution is 2.39. The van der Waals surface area contributed by atoms with Crippen molar-refractivity contribution in [2.24, 2.45) is 17.3 Å². The van der Waals surface area contributed by atoms with Crippen molar-refractivity contribution in [3.05, 3.63) is 24.8 Å². The second kappa shape index (κ2) is 13.4. The van der Waals surface area contributed by atoms with Crippen LogP contribution in [0.3, 0.4) is 0 Å². The minimum absolute atomic E-state index is 0.0104. The highest BCUT2D eigenvalue weighted by Gasteiger charge is 2.44. The third-order valence-electron chi connectivity index (χ3n) is 7.31. The summed E-state index contributed by atoms with van der Waals surface area (Å²) in [6, 6.07) is -2.09. The van der Waals surface area contributed by atoms with E-state index in [-0.39, 0.29) is 35.7 Å². The number of hydrogen-bond donors (Lipinski definition) is 3. The Morgan fingerprint density at radius 3 is 2.27 bits per heavy atom. The van der Waals surface area contributed by atoms with E-state index in [1.165, 1.54) is 6.08 Å². The van der Waals surface area contributed by atoms with Crippen LogP contribution >= 0.6 is 0 Å². The van der Waals surface area contributed by atoms with E-state index in [0.717, 1.165) is 18.4 Å². The van der Waals surface area contributed by atoms with E-state index in [1.54, 1.807) is 4.90 Å². The first-order valence-corrected chi connectivity index (χ1v) is 13.8. The summed E-state index contributed by atoms with van der Waals surface area (Å²) >= 11 is 0. The molecule has 4 atom stereocenters. The number of carbonyl (C=O) groups is 4. The summed E-state index contributed by atoms with van der Waals surface area (Å²) in [5.41, 5.74) is 0.769. The van der Waals surface area contributed by atoms with E-state index in [4.69, 9.17) is 0 Å². The van der Waals surface area contributed by atoms with Crippen LogP contribution in [0.15, 0.2) is 24.8 Å². The van der Waals surface area contributed by atoms with Crippen molar-refractivity contribution in [2.75, 3.05) is 13.1 Å². The minimum atomic E-state index is -0.927. The van der Waals surface area contributed by atoms with Gasteiger partial charge in [-0.25, -0.2) is 0 Å². The molecule has 8 nitrogen and oxygen atoms in total. The van der Waals surface area contributed by atoms with Crippen molar-refractivity contribution in [3.8, 4) is 0 Å². The van der Waals surface area contributed by atoms with Gasteiger partial charge in [-0.1, -0.05) is 66.2 Å². The quantitative estimate of drug-likeness (QED) is 0.243. The summed E-state index contributed by atoms with van der Waals surface area (Å²) < 4.78 is 0. The molecule has 4 unspecified atom stereocenters. The van der Waals surface area contributed by atoms with Crippen LogP contribution in [0.5, 0.6) is 0 Å². The second-order valence-corrected chi connectivity index (χ2v) is 11.9. The average Bonchev–Trinajstić information content (AvgIpc) is 3.56. The smallest absolute Gasteiger partial charge is 0.289 e. The van der Waals surface area contributed by atoms with Crippen LogP contribution in [0, 0.1) is 17.3 Å². The minimum Gasteiger partial charge on any atom is -0.346 e. The molecule has 1 heterocycles. The number of rotatable bonds is 14. The number of carbonyl (C=O) groups excluding carboxylic acids is 4. The predicted octanol–water partition coefficient (Wildman–Crippen LogP) is 3.13. The molecule has 3 N–H and O–H groups in total. The molecule has 0 radical (unpaired) electrons. The van der Waals surface area contributed by atoms with Crippen LogP contribution in [0.4, 0.5) is 0 Å². The van der Waals surface area contributed by atoms with E-state index in [2.05, 4.69) is 43.0 Å². The van der Waals surface area contributed by atoms with Crippen molar-refractivity contribution < 1.29 is 19.2 Å². The topological polar surface area (TPSA) is 108 Å². The molecule has 3 amide bonds. The van der Waals surface area contributed by atoms with Gasteiger partial charge >= 0.3 is 0 Å². The van der Waals surface area contributed by atoms with Gasteiger partial charge in [0.15, 0.2) is 0 Å². The number of likely N-dealkylation sites (tertiary alicyclic amines) is 1. The van der Waals surface area contributed by atoms with E-state index in [9.17, 15) is 19.2 Å². The number of ketones is 1. The molecule has 1 aliphatic heterocycles. The Hall–Kier alpha value is -2.48. The van der Waals surface area contributed by atoms with Gasteiger partial charge in [0, 0.05) is 19.1 Å². The average molecular weight is 517 g/mol. The van der Waals surface area contributed by atoms with E-state index < -0.39 is 29.8 Å². The van der Waals surface area contributed by atoms with Crippen molar-refractivity contribution in [1.82, 2.24) is 20.9 Å². The first-order valence-electron chi connectivity index (χ1n) is 13.8. The van der Waals surface area contributed by atoms with Crippen LogP contribution in [-0.2, 0) is 19.2 Å². The van der Waals surface area contributed by atoms with Crippen LogP contribution in [-0.4, -0.2) is 65.7 Å². The molecule has 37 heavy (non-hydrogen) atoms. The molecule has 8 heteroatoms. The lowest BCUT2D eigenvalue weighted by molar-refractivity contribution is -0.144. The summed E-state index contributed by atoms with van der Waals surface area (Å²) in [4.78, 5) is 53.9. The Kier molecular flexibility index (Phi) is 11.1. The Morgan fingerprint density at radius 2 is 1.76 bits per heavy atom. The molecule has 0 spiro atoms. The zero-order valence-corrected chi connectivity index (χ0v) is 23.7. The molecule has 0 aromatic heterocycles. The molecule has 1 aliphatic carbocycles. The van der Waals surface area contributed by atoms with Crippen molar-refractivity contribution in [2.45, 2.75) is 104 Å².